The molecule has 19 heavy (non-hydrogen) atoms. The van der Waals surface area contributed by atoms with E-state index in [0.717, 1.165) is 5.69 Å². The molecule has 0 bridgehead atoms. The lowest BCUT2D eigenvalue weighted by molar-refractivity contribution is 0.540. The SMILES string of the molecule is CC(N)Cc1cn(Cc2c(F)ccc(Br)c2F)cn1. The summed E-state index contributed by atoms with van der Waals surface area (Å²) in [5.41, 5.74) is 6.50. The fraction of sp³-hybridized carbons (Fsp3) is 0.308. The van der Waals surface area contributed by atoms with Gasteiger partial charge in [-0.3, -0.25) is 0 Å². The smallest absolute Gasteiger partial charge is 0.145 e. The maximum atomic E-state index is 13.8. The van der Waals surface area contributed by atoms with Crippen molar-refractivity contribution >= 4 is 15.9 Å². The average Bonchev–Trinajstić information content (AvgIpc) is 2.76. The molecule has 0 amide bonds. The van der Waals surface area contributed by atoms with Crippen molar-refractivity contribution < 1.29 is 8.78 Å². The molecule has 0 saturated heterocycles. The standard InChI is InChI=1S/C13H14BrF2N3/c1-8(17)4-9-5-19(7-18-9)6-10-12(15)3-2-11(14)13(10)16/h2-3,5,7-8H,4,6,17H2,1H3. The first-order chi connectivity index (χ1) is 8.97. The van der Waals surface area contributed by atoms with Crippen LogP contribution in [-0.4, -0.2) is 15.6 Å². The Hall–Kier alpha value is -1.27. The Kier molecular flexibility index (Phi) is 4.31. The molecule has 0 spiro atoms. The third kappa shape index (κ3) is 3.39. The van der Waals surface area contributed by atoms with Crippen molar-refractivity contribution in [1.82, 2.24) is 9.55 Å². The molecule has 0 aliphatic heterocycles. The third-order valence-electron chi connectivity index (χ3n) is 2.70. The topological polar surface area (TPSA) is 43.8 Å². The summed E-state index contributed by atoms with van der Waals surface area (Å²) in [5, 5.41) is 0. The second-order valence-corrected chi connectivity index (χ2v) is 5.39. The minimum absolute atomic E-state index is 0.00249. The molecular weight excluding hydrogens is 316 g/mol. The van der Waals surface area contributed by atoms with Crippen molar-refractivity contribution in [3.05, 3.63) is 52.0 Å². The van der Waals surface area contributed by atoms with Crippen LogP contribution in [0.4, 0.5) is 8.78 Å². The summed E-state index contributed by atoms with van der Waals surface area (Å²) in [7, 11) is 0. The van der Waals surface area contributed by atoms with Crippen molar-refractivity contribution in [1.29, 1.82) is 0 Å². The van der Waals surface area contributed by atoms with Crippen LogP contribution < -0.4 is 5.73 Å². The second-order valence-electron chi connectivity index (χ2n) is 4.54. The lowest BCUT2D eigenvalue weighted by Gasteiger charge is -2.07. The van der Waals surface area contributed by atoms with Crippen molar-refractivity contribution in [3.8, 4) is 0 Å². The van der Waals surface area contributed by atoms with Crippen LogP contribution in [0.15, 0.2) is 29.1 Å². The normalized spacial score (nSPS) is 12.7. The third-order valence-corrected chi connectivity index (χ3v) is 3.31. The monoisotopic (exact) mass is 329 g/mol. The quantitative estimate of drug-likeness (QED) is 0.876. The Labute approximate surface area is 118 Å². The first-order valence-corrected chi connectivity index (χ1v) is 6.65. The van der Waals surface area contributed by atoms with E-state index in [2.05, 4.69) is 20.9 Å². The fourth-order valence-corrected chi connectivity index (χ4v) is 2.20. The van der Waals surface area contributed by atoms with E-state index in [0.29, 0.717) is 6.42 Å². The number of hydrogen-bond acceptors (Lipinski definition) is 2. The number of hydrogen-bond donors (Lipinski definition) is 1. The Balaban J connectivity index is 2.22. The molecule has 0 radical (unpaired) electrons. The molecule has 0 fully saturated rings. The molecule has 1 aromatic carbocycles. The van der Waals surface area contributed by atoms with Crippen LogP contribution in [0.3, 0.4) is 0 Å². The lowest BCUT2D eigenvalue weighted by atomic mass is 10.2. The minimum atomic E-state index is -0.581. The van der Waals surface area contributed by atoms with Crippen LogP contribution >= 0.6 is 15.9 Å². The van der Waals surface area contributed by atoms with E-state index < -0.39 is 11.6 Å². The number of nitrogens with two attached hydrogens (primary N) is 1. The maximum absolute atomic E-state index is 13.8. The van der Waals surface area contributed by atoms with Gasteiger partial charge in [0.15, 0.2) is 0 Å². The molecule has 0 aliphatic rings. The molecule has 2 N–H and O–H groups in total. The molecule has 6 heteroatoms. The van der Waals surface area contributed by atoms with Gasteiger partial charge in [0.1, 0.15) is 11.6 Å². The van der Waals surface area contributed by atoms with E-state index in [1.54, 1.807) is 17.1 Å². The minimum Gasteiger partial charge on any atom is -0.333 e. The Morgan fingerprint density at radius 2 is 2.16 bits per heavy atom. The van der Waals surface area contributed by atoms with Gasteiger partial charge in [-0.1, -0.05) is 0 Å². The Morgan fingerprint density at radius 1 is 1.42 bits per heavy atom. The summed E-state index contributed by atoms with van der Waals surface area (Å²) in [4.78, 5) is 4.16. The molecule has 0 saturated carbocycles. The van der Waals surface area contributed by atoms with Crippen molar-refractivity contribution in [2.45, 2.75) is 25.9 Å². The van der Waals surface area contributed by atoms with Crippen LogP contribution in [0.25, 0.3) is 0 Å². The van der Waals surface area contributed by atoms with E-state index in [4.69, 9.17) is 5.73 Å². The van der Waals surface area contributed by atoms with Crippen LogP contribution in [-0.2, 0) is 13.0 Å². The maximum Gasteiger partial charge on any atom is 0.145 e. The fourth-order valence-electron chi connectivity index (χ4n) is 1.82. The molecule has 1 aromatic heterocycles. The molecule has 2 aromatic rings. The molecule has 0 aliphatic carbocycles. The molecule has 3 nitrogen and oxygen atoms in total. The molecule has 1 unspecified atom stereocenters. The summed E-state index contributed by atoms with van der Waals surface area (Å²) >= 11 is 3.05. The van der Waals surface area contributed by atoms with Gasteiger partial charge in [0.2, 0.25) is 0 Å². The number of rotatable bonds is 4. The number of benzene rings is 1. The zero-order valence-electron chi connectivity index (χ0n) is 10.4. The van der Waals surface area contributed by atoms with Gasteiger partial charge in [-0.2, -0.15) is 0 Å². The number of imidazole rings is 1. The highest BCUT2D eigenvalue weighted by atomic mass is 79.9. The summed E-state index contributed by atoms with van der Waals surface area (Å²) in [6.45, 7) is 1.98. The van der Waals surface area contributed by atoms with E-state index in [-0.39, 0.29) is 22.6 Å². The van der Waals surface area contributed by atoms with Gasteiger partial charge in [0, 0.05) is 24.2 Å². The highest BCUT2D eigenvalue weighted by Crippen LogP contribution is 2.22. The highest BCUT2D eigenvalue weighted by molar-refractivity contribution is 9.10. The lowest BCUT2D eigenvalue weighted by Crippen LogP contribution is -2.17. The summed E-state index contributed by atoms with van der Waals surface area (Å²) in [5.74, 6) is -1.15. The van der Waals surface area contributed by atoms with Crippen LogP contribution in [0.5, 0.6) is 0 Å². The largest absolute Gasteiger partial charge is 0.333 e. The van der Waals surface area contributed by atoms with Crippen molar-refractivity contribution in [2.24, 2.45) is 5.73 Å². The van der Waals surface area contributed by atoms with Gasteiger partial charge in [-0.25, -0.2) is 13.8 Å². The van der Waals surface area contributed by atoms with E-state index in [1.807, 2.05) is 6.92 Å². The Morgan fingerprint density at radius 3 is 2.84 bits per heavy atom. The summed E-state index contributed by atoms with van der Waals surface area (Å²) < 4.78 is 29.3. The predicted octanol–water partition coefficient (Wildman–Crippen LogP) is 2.86. The van der Waals surface area contributed by atoms with Gasteiger partial charge in [0.25, 0.3) is 0 Å². The molecule has 2 rings (SSSR count). The zero-order chi connectivity index (χ0) is 14.0. The first-order valence-electron chi connectivity index (χ1n) is 5.86. The molecule has 1 atom stereocenters. The van der Waals surface area contributed by atoms with Gasteiger partial charge in [-0.15, -0.1) is 0 Å². The van der Waals surface area contributed by atoms with Crippen LogP contribution in [0.2, 0.25) is 0 Å². The van der Waals surface area contributed by atoms with Crippen LogP contribution in [0.1, 0.15) is 18.2 Å². The van der Waals surface area contributed by atoms with E-state index in [1.165, 1.54) is 12.1 Å². The van der Waals surface area contributed by atoms with Gasteiger partial charge < -0.3 is 10.3 Å². The van der Waals surface area contributed by atoms with Crippen molar-refractivity contribution in [2.75, 3.05) is 0 Å². The Bertz CT molecular complexity index is 581. The highest BCUT2D eigenvalue weighted by Gasteiger charge is 2.13. The summed E-state index contributed by atoms with van der Waals surface area (Å²) in [6, 6.07) is 2.59. The predicted molar refractivity (Wildman–Crippen MR) is 72.7 cm³/mol. The van der Waals surface area contributed by atoms with Gasteiger partial charge >= 0.3 is 0 Å². The molecule has 102 valence electrons. The van der Waals surface area contributed by atoms with Crippen LogP contribution in [0, 0.1) is 11.6 Å². The second kappa shape index (κ2) is 5.79. The summed E-state index contributed by atoms with van der Waals surface area (Å²) in [6.07, 6.45) is 3.94. The van der Waals surface area contributed by atoms with E-state index >= 15 is 0 Å². The van der Waals surface area contributed by atoms with Crippen molar-refractivity contribution in [3.63, 3.8) is 0 Å². The van der Waals surface area contributed by atoms with E-state index in [9.17, 15) is 8.78 Å². The number of nitrogens with zero attached hydrogens (tertiary/aromatic N) is 2. The zero-order valence-corrected chi connectivity index (χ0v) is 12.0. The average molecular weight is 330 g/mol. The number of aromatic nitrogens is 2. The van der Waals surface area contributed by atoms with Gasteiger partial charge in [0.05, 0.1) is 23.0 Å². The first kappa shape index (κ1) is 14.1. The molecule has 1 heterocycles. The number of halogens is 3. The molecular formula is C13H14BrF2N3. The van der Waals surface area contributed by atoms with Gasteiger partial charge in [-0.05, 0) is 35.0 Å².